The highest BCUT2D eigenvalue weighted by Gasteiger charge is 2.08. The number of benzene rings is 1. The second-order valence-corrected chi connectivity index (χ2v) is 3.47. The molecule has 0 saturated carbocycles. The molecule has 4 N–H and O–H groups in total. The topological polar surface area (TPSA) is 52.0 Å². The van der Waals surface area contributed by atoms with Gasteiger partial charge in [0.25, 0.3) is 0 Å². The average Bonchev–Trinajstić information content (AvgIpc) is 2.10. The first-order valence-corrected chi connectivity index (χ1v) is 4.68. The Balaban J connectivity index is 0.00000169. The summed E-state index contributed by atoms with van der Waals surface area (Å²) in [5, 5.41) is 0. The molecular formula is C11H19ClN2. The molecule has 14 heavy (non-hydrogen) atoms. The smallest absolute Gasteiger partial charge is 0.0309 e. The highest BCUT2D eigenvalue weighted by atomic mass is 35.5. The number of hydrogen-bond acceptors (Lipinski definition) is 2. The van der Waals surface area contributed by atoms with Crippen LogP contribution in [0.3, 0.4) is 0 Å². The molecule has 0 spiro atoms. The molecule has 0 heterocycles. The van der Waals surface area contributed by atoms with Crippen LogP contribution in [0.5, 0.6) is 0 Å². The van der Waals surface area contributed by atoms with Crippen LogP contribution >= 0.6 is 12.4 Å². The molecular weight excluding hydrogens is 196 g/mol. The molecule has 1 atom stereocenters. The third-order valence-electron chi connectivity index (χ3n) is 2.52. The lowest BCUT2D eigenvalue weighted by molar-refractivity contribution is 0.657. The SMILES string of the molecule is Cc1cccc([C@@H](N)CCN)c1C.Cl. The summed E-state index contributed by atoms with van der Waals surface area (Å²) in [5.41, 5.74) is 15.3. The van der Waals surface area contributed by atoms with Gasteiger partial charge < -0.3 is 11.5 Å². The summed E-state index contributed by atoms with van der Waals surface area (Å²) < 4.78 is 0. The minimum absolute atomic E-state index is 0. The molecule has 3 heteroatoms. The summed E-state index contributed by atoms with van der Waals surface area (Å²) in [4.78, 5) is 0. The number of hydrogen-bond donors (Lipinski definition) is 2. The first kappa shape index (κ1) is 13.4. The molecule has 2 nitrogen and oxygen atoms in total. The van der Waals surface area contributed by atoms with E-state index in [9.17, 15) is 0 Å². The minimum Gasteiger partial charge on any atom is -0.330 e. The highest BCUT2D eigenvalue weighted by molar-refractivity contribution is 5.85. The lowest BCUT2D eigenvalue weighted by atomic mass is 9.96. The van der Waals surface area contributed by atoms with Crippen molar-refractivity contribution in [2.45, 2.75) is 26.3 Å². The summed E-state index contributed by atoms with van der Waals surface area (Å²) in [6.07, 6.45) is 0.851. The Morgan fingerprint density at radius 3 is 2.50 bits per heavy atom. The summed E-state index contributed by atoms with van der Waals surface area (Å²) in [5.74, 6) is 0. The molecule has 1 aromatic carbocycles. The predicted octanol–water partition coefficient (Wildman–Crippen LogP) is 2.07. The van der Waals surface area contributed by atoms with Crippen LogP contribution in [0.2, 0.25) is 0 Å². The molecule has 0 aliphatic carbocycles. The Kier molecular flexibility index (Phi) is 5.77. The van der Waals surface area contributed by atoms with Gasteiger partial charge in [-0.1, -0.05) is 18.2 Å². The van der Waals surface area contributed by atoms with E-state index < -0.39 is 0 Å². The van der Waals surface area contributed by atoms with Crippen LogP contribution in [0.1, 0.15) is 29.2 Å². The molecule has 0 aliphatic heterocycles. The third-order valence-corrected chi connectivity index (χ3v) is 2.52. The minimum atomic E-state index is 0. The van der Waals surface area contributed by atoms with Gasteiger partial charge in [0, 0.05) is 6.04 Å². The van der Waals surface area contributed by atoms with Gasteiger partial charge in [-0.15, -0.1) is 12.4 Å². The van der Waals surface area contributed by atoms with Gasteiger partial charge in [0.15, 0.2) is 0 Å². The summed E-state index contributed by atoms with van der Waals surface area (Å²) >= 11 is 0. The van der Waals surface area contributed by atoms with Crippen molar-refractivity contribution in [1.82, 2.24) is 0 Å². The van der Waals surface area contributed by atoms with E-state index in [1.54, 1.807) is 0 Å². The zero-order valence-electron chi connectivity index (χ0n) is 8.79. The van der Waals surface area contributed by atoms with Gasteiger partial charge in [-0.2, -0.15) is 0 Å². The first-order chi connectivity index (χ1) is 6.16. The number of rotatable bonds is 3. The Hall–Kier alpha value is -0.570. The summed E-state index contributed by atoms with van der Waals surface area (Å²) in [6.45, 7) is 4.86. The van der Waals surface area contributed by atoms with Crippen molar-refractivity contribution in [3.05, 3.63) is 34.9 Å². The van der Waals surface area contributed by atoms with Crippen LogP contribution in [0.15, 0.2) is 18.2 Å². The van der Waals surface area contributed by atoms with E-state index in [0.29, 0.717) is 6.54 Å². The first-order valence-electron chi connectivity index (χ1n) is 4.68. The van der Waals surface area contributed by atoms with E-state index >= 15 is 0 Å². The molecule has 0 aromatic heterocycles. The van der Waals surface area contributed by atoms with Gasteiger partial charge in [-0.25, -0.2) is 0 Å². The fourth-order valence-corrected chi connectivity index (χ4v) is 1.51. The van der Waals surface area contributed by atoms with Crippen molar-refractivity contribution >= 4 is 12.4 Å². The van der Waals surface area contributed by atoms with Crippen molar-refractivity contribution in [2.75, 3.05) is 6.54 Å². The quantitative estimate of drug-likeness (QED) is 0.810. The van der Waals surface area contributed by atoms with Crippen molar-refractivity contribution in [3.63, 3.8) is 0 Å². The van der Waals surface area contributed by atoms with Crippen molar-refractivity contribution in [1.29, 1.82) is 0 Å². The van der Waals surface area contributed by atoms with E-state index in [1.165, 1.54) is 16.7 Å². The lowest BCUT2D eigenvalue weighted by Crippen LogP contribution is -2.16. The van der Waals surface area contributed by atoms with E-state index in [0.717, 1.165) is 6.42 Å². The number of halogens is 1. The van der Waals surface area contributed by atoms with Gasteiger partial charge in [-0.3, -0.25) is 0 Å². The van der Waals surface area contributed by atoms with Crippen molar-refractivity contribution in [3.8, 4) is 0 Å². The van der Waals surface area contributed by atoms with E-state index in [-0.39, 0.29) is 18.4 Å². The highest BCUT2D eigenvalue weighted by Crippen LogP contribution is 2.20. The van der Waals surface area contributed by atoms with Crippen LogP contribution in [0.4, 0.5) is 0 Å². The van der Waals surface area contributed by atoms with Crippen LogP contribution in [-0.2, 0) is 0 Å². The molecule has 0 amide bonds. The standard InChI is InChI=1S/C11H18N2.ClH/c1-8-4-3-5-10(9(8)2)11(13)6-7-12;/h3-5,11H,6-7,12-13H2,1-2H3;1H/t11-;/m0./s1. The maximum Gasteiger partial charge on any atom is 0.0309 e. The van der Waals surface area contributed by atoms with Crippen LogP contribution in [-0.4, -0.2) is 6.54 Å². The van der Waals surface area contributed by atoms with Gasteiger partial charge in [-0.05, 0) is 43.5 Å². The van der Waals surface area contributed by atoms with E-state index in [4.69, 9.17) is 11.5 Å². The van der Waals surface area contributed by atoms with E-state index in [1.807, 2.05) is 6.07 Å². The summed E-state index contributed by atoms with van der Waals surface area (Å²) in [7, 11) is 0. The molecule has 0 bridgehead atoms. The van der Waals surface area contributed by atoms with Crippen LogP contribution in [0, 0.1) is 13.8 Å². The zero-order valence-corrected chi connectivity index (χ0v) is 9.60. The van der Waals surface area contributed by atoms with Crippen LogP contribution in [0.25, 0.3) is 0 Å². The maximum atomic E-state index is 6.00. The van der Waals surface area contributed by atoms with E-state index in [2.05, 4.69) is 26.0 Å². The van der Waals surface area contributed by atoms with Crippen LogP contribution < -0.4 is 11.5 Å². The normalized spacial score (nSPS) is 12.0. The molecule has 0 aliphatic rings. The summed E-state index contributed by atoms with van der Waals surface area (Å²) in [6, 6.07) is 6.33. The Morgan fingerprint density at radius 2 is 1.93 bits per heavy atom. The number of aryl methyl sites for hydroxylation is 1. The third kappa shape index (κ3) is 2.98. The van der Waals surface area contributed by atoms with Crippen molar-refractivity contribution in [2.24, 2.45) is 11.5 Å². The molecule has 0 radical (unpaired) electrons. The van der Waals surface area contributed by atoms with Crippen molar-refractivity contribution < 1.29 is 0 Å². The fraction of sp³-hybridized carbons (Fsp3) is 0.455. The Labute approximate surface area is 92.1 Å². The van der Waals surface area contributed by atoms with Gasteiger partial charge >= 0.3 is 0 Å². The molecule has 1 aromatic rings. The molecule has 80 valence electrons. The van der Waals surface area contributed by atoms with Gasteiger partial charge in [0.1, 0.15) is 0 Å². The molecule has 0 saturated heterocycles. The van der Waals surface area contributed by atoms with Gasteiger partial charge in [0.05, 0.1) is 0 Å². The molecule has 0 fully saturated rings. The maximum absolute atomic E-state index is 6.00. The predicted molar refractivity (Wildman–Crippen MR) is 63.8 cm³/mol. The second kappa shape index (κ2) is 6.02. The average molecular weight is 215 g/mol. The second-order valence-electron chi connectivity index (χ2n) is 3.47. The Bertz CT molecular complexity index is 287. The molecule has 0 unspecified atom stereocenters. The fourth-order valence-electron chi connectivity index (χ4n) is 1.51. The van der Waals surface area contributed by atoms with Gasteiger partial charge in [0.2, 0.25) is 0 Å². The zero-order chi connectivity index (χ0) is 9.84. The molecule has 1 rings (SSSR count). The monoisotopic (exact) mass is 214 g/mol. The number of nitrogens with two attached hydrogens (primary N) is 2. The Morgan fingerprint density at radius 1 is 1.29 bits per heavy atom. The largest absolute Gasteiger partial charge is 0.330 e. The lowest BCUT2D eigenvalue weighted by Gasteiger charge is -2.15.